The minimum atomic E-state index is -1.02. The lowest BCUT2D eigenvalue weighted by Crippen LogP contribution is -2.55. The van der Waals surface area contributed by atoms with Crippen molar-refractivity contribution >= 4 is 5.97 Å². The smallest absolute Gasteiger partial charge is 0.327 e. The standard InChI is InChI=1S/C14H30N2O4/c1-5-18-10-8-16(9-11-19-6-2)12-14(4,15)13(17)20-7-3/h5-12,15H2,1-4H3. The maximum Gasteiger partial charge on any atom is 0.327 e. The van der Waals surface area contributed by atoms with Gasteiger partial charge in [0.2, 0.25) is 0 Å². The van der Waals surface area contributed by atoms with Gasteiger partial charge in [-0.3, -0.25) is 9.69 Å². The molecule has 0 heterocycles. The van der Waals surface area contributed by atoms with Crippen LogP contribution in [0.3, 0.4) is 0 Å². The molecular formula is C14H30N2O4. The highest BCUT2D eigenvalue weighted by Crippen LogP contribution is 2.06. The zero-order valence-corrected chi connectivity index (χ0v) is 13.3. The summed E-state index contributed by atoms with van der Waals surface area (Å²) >= 11 is 0. The van der Waals surface area contributed by atoms with Crippen molar-refractivity contribution in [1.29, 1.82) is 0 Å². The molecule has 0 aromatic rings. The predicted molar refractivity (Wildman–Crippen MR) is 78.7 cm³/mol. The van der Waals surface area contributed by atoms with Gasteiger partial charge >= 0.3 is 5.97 Å². The van der Waals surface area contributed by atoms with E-state index >= 15 is 0 Å². The van der Waals surface area contributed by atoms with Crippen LogP contribution in [-0.4, -0.2) is 69.1 Å². The highest BCUT2D eigenvalue weighted by atomic mass is 16.5. The predicted octanol–water partition coefficient (Wildman–Crippen LogP) is 0.642. The molecule has 0 radical (unpaired) electrons. The topological polar surface area (TPSA) is 74.0 Å². The molecule has 0 rings (SSSR count). The van der Waals surface area contributed by atoms with E-state index in [0.717, 1.165) is 0 Å². The Hall–Kier alpha value is -0.690. The second kappa shape index (κ2) is 11.0. The zero-order valence-electron chi connectivity index (χ0n) is 13.3. The number of esters is 1. The number of hydrogen-bond acceptors (Lipinski definition) is 6. The summed E-state index contributed by atoms with van der Waals surface area (Å²) in [5, 5.41) is 0. The van der Waals surface area contributed by atoms with Gasteiger partial charge in [0.25, 0.3) is 0 Å². The Kier molecular flexibility index (Phi) is 10.6. The van der Waals surface area contributed by atoms with Crippen LogP contribution in [-0.2, 0) is 19.0 Å². The lowest BCUT2D eigenvalue weighted by Gasteiger charge is -2.30. The summed E-state index contributed by atoms with van der Waals surface area (Å²) in [6.45, 7) is 12.1. The van der Waals surface area contributed by atoms with Gasteiger partial charge in [0.1, 0.15) is 5.54 Å². The van der Waals surface area contributed by atoms with Crippen LogP contribution in [0.25, 0.3) is 0 Å². The van der Waals surface area contributed by atoms with Crippen LogP contribution in [0.2, 0.25) is 0 Å². The SMILES string of the molecule is CCOCCN(CCOCC)CC(C)(N)C(=O)OCC. The largest absolute Gasteiger partial charge is 0.465 e. The summed E-state index contributed by atoms with van der Waals surface area (Å²) in [4.78, 5) is 13.9. The van der Waals surface area contributed by atoms with Crippen LogP contribution < -0.4 is 5.73 Å². The van der Waals surface area contributed by atoms with Crippen LogP contribution in [0.4, 0.5) is 0 Å². The Labute approximate surface area is 122 Å². The van der Waals surface area contributed by atoms with Crippen molar-refractivity contribution in [3.05, 3.63) is 0 Å². The van der Waals surface area contributed by atoms with Gasteiger partial charge in [-0.1, -0.05) is 0 Å². The highest BCUT2D eigenvalue weighted by Gasteiger charge is 2.32. The second-order valence-corrected chi connectivity index (χ2v) is 4.81. The fourth-order valence-electron chi connectivity index (χ4n) is 1.77. The average Bonchev–Trinajstić information content (AvgIpc) is 2.39. The molecule has 120 valence electrons. The highest BCUT2D eigenvalue weighted by molar-refractivity contribution is 5.80. The van der Waals surface area contributed by atoms with E-state index in [0.29, 0.717) is 52.7 Å². The quantitative estimate of drug-likeness (QED) is 0.420. The Morgan fingerprint density at radius 2 is 1.55 bits per heavy atom. The molecule has 0 amide bonds. The molecule has 2 N–H and O–H groups in total. The number of nitrogens with zero attached hydrogens (tertiary/aromatic N) is 1. The second-order valence-electron chi connectivity index (χ2n) is 4.81. The van der Waals surface area contributed by atoms with Crippen molar-refractivity contribution in [2.75, 3.05) is 52.7 Å². The van der Waals surface area contributed by atoms with Gasteiger partial charge in [-0.05, 0) is 27.7 Å². The van der Waals surface area contributed by atoms with E-state index in [4.69, 9.17) is 19.9 Å². The van der Waals surface area contributed by atoms with Gasteiger partial charge in [-0.15, -0.1) is 0 Å². The van der Waals surface area contributed by atoms with Gasteiger partial charge in [0.15, 0.2) is 0 Å². The van der Waals surface area contributed by atoms with E-state index in [1.807, 2.05) is 13.8 Å². The molecule has 0 aromatic carbocycles. The van der Waals surface area contributed by atoms with Crippen LogP contribution in [0.1, 0.15) is 27.7 Å². The normalized spacial score (nSPS) is 14.3. The van der Waals surface area contributed by atoms with Crippen molar-refractivity contribution < 1.29 is 19.0 Å². The lowest BCUT2D eigenvalue weighted by atomic mass is 10.0. The molecule has 0 fully saturated rings. The first-order valence-electron chi connectivity index (χ1n) is 7.31. The first-order valence-corrected chi connectivity index (χ1v) is 7.31. The van der Waals surface area contributed by atoms with E-state index in [1.165, 1.54) is 0 Å². The minimum Gasteiger partial charge on any atom is -0.465 e. The third kappa shape index (κ3) is 8.47. The van der Waals surface area contributed by atoms with Crippen molar-refractivity contribution in [1.82, 2.24) is 4.90 Å². The Bertz CT molecular complexity index is 250. The Morgan fingerprint density at radius 1 is 1.05 bits per heavy atom. The number of carbonyl (C=O) groups is 1. The average molecular weight is 290 g/mol. The summed E-state index contributed by atoms with van der Waals surface area (Å²) in [7, 11) is 0. The summed E-state index contributed by atoms with van der Waals surface area (Å²) in [6, 6.07) is 0. The number of nitrogens with two attached hydrogens (primary N) is 1. The maximum atomic E-state index is 11.8. The molecule has 1 unspecified atom stereocenters. The van der Waals surface area contributed by atoms with Crippen LogP contribution in [0.5, 0.6) is 0 Å². The molecule has 0 bridgehead atoms. The number of hydrogen-bond donors (Lipinski definition) is 1. The van der Waals surface area contributed by atoms with Crippen molar-refractivity contribution in [2.45, 2.75) is 33.2 Å². The summed E-state index contributed by atoms with van der Waals surface area (Å²) in [5.41, 5.74) is 5.04. The molecule has 20 heavy (non-hydrogen) atoms. The van der Waals surface area contributed by atoms with E-state index in [2.05, 4.69) is 4.90 Å². The lowest BCUT2D eigenvalue weighted by molar-refractivity contribution is -0.149. The van der Waals surface area contributed by atoms with Crippen molar-refractivity contribution in [3.63, 3.8) is 0 Å². The van der Waals surface area contributed by atoms with Crippen molar-refractivity contribution in [2.24, 2.45) is 5.73 Å². The van der Waals surface area contributed by atoms with Crippen molar-refractivity contribution in [3.8, 4) is 0 Å². The fraction of sp³-hybridized carbons (Fsp3) is 0.929. The van der Waals surface area contributed by atoms with E-state index < -0.39 is 5.54 Å². The molecule has 0 aromatic heterocycles. The minimum absolute atomic E-state index is 0.337. The monoisotopic (exact) mass is 290 g/mol. The third-order valence-corrected chi connectivity index (χ3v) is 2.81. The van der Waals surface area contributed by atoms with Crippen LogP contribution in [0, 0.1) is 0 Å². The first kappa shape index (κ1) is 19.3. The van der Waals surface area contributed by atoms with Crippen LogP contribution >= 0.6 is 0 Å². The molecular weight excluding hydrogens is 260 g/mol. The summed E-state index contributed by atoms with van der Waals surface area (Å²) in [6.07, 6.45) is 0. The molecule has 6 heteroatoms. The fourth-order valence-corrected chi connectivity index (χ4v) is 1.77. The Morgan fingerprint density at radius 3 is 1.95 bits per heavy atom. The van der Waals surface area contributed by atoms with Gasteiger partial charge in [0.05, 0.1) is 19.8 Å². The molecule has 0 spiro atoms. The number of rotatable bonds is 12. The molecule has 0 aliphatic carbocycles. The van der Waals surface area contributed by atoms with Gasteiger partial charge in [0, 0.05) is 32.8 Å². The summed E-state index contributed by atoms with van der Waals surface area (Å²) in [5.74, 6) is -0.377. The number of carbonyl (C=O) groups excluding carboxylic acids is 1. The number of ether oxygens (including phenoxy) is 3. The molecule has 1 atom stereocenters. The van der Waals surface area contributed by atoms with E-state index in [-0.39, 0.29) is 5.97 Å². The molecule has 0 saturated heterocycles. The summed E-state index contributed by atoms with van der Waals surface area (Å²) < 4.78 is 15.7. The van der Waals surface area contributed by atoms with E-state index in [1.54, 1.807) is 13.8 Å². The Balaban J connectivity index is 4.38. The first-order chi connectivity index (χ1) is 9.47. The maximum absolute atomic E-state index is 11.8. The van der Waals surface area contributed by atoms with E-state index in [9.17, 15) is 4.79 Å². The van der Waals surface area contributed by atoms with Crippen LogP contribution in [0.15, 0.2) is 0 Å². The molecule has 0 saturated carbocycles. The third-order valence-electron chi connectivity index (χ3n) is 2.81. The van der Waals surface area contributed by atoms with Gasteiger partial charge < -0.3 is 19.9 Å². The molecule has 0 aliphatic rings. The zero-order chi connectivity index (χ0) is 15.4. The van der Waals surface area contributed by atoms with Gasteiger partial charge in [-0.25, -0.2) is 0 Å². The molecule has 6 nitrogen and oxygen atoms in total. The van der Waals surface area contributed by atoms with Gasteiger partial charge in [-0.2, -0.15) is 0 Å². The molecule has 0 aliphatic heterocycles.